The van der Waals surface area contributed by atoms with Crippen LogP contribution in [0, 0.1) is 5.92 Å². The van der Waals surface area contributed by atoms with Crippen molar-refractivity contribution in [3.63, 3.8) is 0 Å². The van der Waals surface area contributed by atoms with Crippen LogP contribution in [0.1, 0.15) is 30.4 Å². The van der Waals surface area contributed by atoms with Crippen molar-refractivity contribution in [2.24, 2.45) is 5.92 Å². The topological polar surface area (TPSA) is 32.3 Å². The van der Waals surface area contributed by atoms with Gasteiger partial charge in [0.15, 0.2) is 0 Å². The standard InChI is InChI=1S/C15H21NO/c17-12-15-8-6-14(7-9-15)11-16-10-13-4-2-1-3-5-13/h1-2,6-9,13,16-17H,3-5,10-12H2. The van der Waals surface area contributed by atoms with Gasteiger partial charge in [-0.2, -0.15) is 0 Å². The van der Waals surface area contributed by atoms with Crippen molar-refractivity contribution in [2.75, 3.05) is 6.54 Å². The monoisotopic (exact) mass is 231 g/mol. The maximum Gasteiger partial charge on any atom is 0.0681 e. The first-order valence-electron chi connectivity index (χ1n) is 6.43. The van der Waals surface area contributed by atoms with E-state index in [4.69, 9.17) is 5.11 Å². The van der Waals surface area contributed by atoms with Crippen molar-refractivity contribution in [1.29, 1.82) is 0 Å². The summed E-state index contributed by atoms with van der Waals surface area (Å²) in [6, 6.07) is 8.14. The summed E-state index contributed by atoms with van der Waals surface area (Å²) in [5, 5.41) is 12.5. The van der Waals surface area contributed by atoms with Gasteiger partial charge in [0.2, 0.25) is 0 Å². The molecule has 0 amide bonds. The highest BCUT2D eigenvalue weighted by molar-refractivity contribution is 5.21. The van der Waals surface area contributed by atoms with Gasteiger partial charge >= 0.3 is 0 Å². The van der Waals surface area contributed by atoms with E-state index in [1.807, 2.05) is 12.1 Å². The molecule has 0 saturated carbocycles. The molecule has 92 valence electrons. The molecule has 0 heterocycles. The maximum atomic E-state index is 8.95. The normalized spacial score (nSPS) is 19.5. The molecule has 1 atom stereocenters. The largest absolute Gasteiger partial charge is 0.392 e. The molecule has 2 N–H and O–H groups in total. The van der Waals surface area contributed by atoms with Crippen molar-refractivity contribution < 1.29 is 5.11 Å². The Morgan fingerprint density at radius 2 is 1.88 bits per heavy atom. The van der Waals surface area contributed by atoms with E-state index < -0.39 is 0 Å². The van der Waals surface area contributed by atoms with Gasteiger partial charge in [-0.25, -0.2) is 0 Å². The minimum atomic E-state index is 0.127. The van der Waals surface area contributed by atoms with Gasteiger partial charge in [-0.1, -0.05) is 36.4 Å². The second-order valence-electron chi connectivity index (χ2n) is 4.76. The van der Waals surface area contributed by atoms with Gasteiger partial charge in [0.1, 0.15) is 0 Å². The minimum Gasteiger partial charge on any atom is -0.392 e. The van der Waals surface area contributed by atoms with Gasteiger partial charge in [-0.05, 0) is 42.9 Å². The zero-order chi connectivity index (χ0) is 11.9. The summed E-state index contributed by atoms with van der Waals surface area (Å²) < 4.78 is 0. The molecule has 1 aromatic carbocycles. The molecule has 0 fully saturated rings. The summed E-state index contributed by atoms with van der Waals surface area (Å²) >= 11 is 0. The van der Waals surface area contributed by atoms with E-state index in [1.54, 1.807) is 0 Å². The van der Waals surface area contributed by atoms with E-state index in [0.29, 0.717) is 0 Å². The summed E-state index contributed by atoms with van der Waals surface area (Å²) in [7, 11) is 0. The SMILES string of the molecule is OCc1ccc(CNCC2CC=CCC2)cc1. The zero-order valence-corrected chi connectivity index (χ0v) is 10.2. The van der Waals surface area contributed by atoms with Crippen LogP contribution in [-0.4, -0.2) is 11.7 Å². The Morgan fingerprint density at radius 3 is 2.53 bits per heavy atom. The fourth-order valence-corrected chi connectivity index (χ4v) is 2.22. The molecule has 1 aromatic rings. The van der Waals surface area contributed by atoms with Gasteiger partial charge in [-0.3, -0.25) is 0 Å². The summed E-state index contributed by atoms with van der Waals surface area (Å²) in [4.78, 5) is 0. The van der Waals surface area contributed by atoms with Crippen LogP contribution in [0.3, 0.4) is 0 Å². The fraction of sp³-hybridized carbons (Fsp3) is 0.467. The van der Waals surface area contributed by atoms with Gasteiger partial charge in [0.05, 0.1) is 6.61 Å². The molecular weight excluding hydrogens is 210 g/mol. The highest BCUT2D eigenvalue weighted by Gasteiger charge is 2.08. The third-order valence-electron chi connectivity index (χ3n) is 3.35. The van der Waals surface area contributed by atoms with Crippen LogP contribution in [0.15, 0.2) is 36.4 Å². The number of allylic oxidation sites excluding steroid dienone is 2. The van der Waals surface area contributed by atoms with Gasteiger partial charge in [0.25, 0.3) is 0 Å². The Hall–Kier alpha value is -1.12. The molecule has 1 aliphatic rings. The Labute approximate surface area is 103 Å². The molecule has 17 heavy (non-hydrogen) atoms. The Bertz CT molecular complexity index is 356. The minimum absolute atomic E-state index is 0.127. The van der Waals surface area contributed by atoms with Crippen molar-refractivity contribution in [3.05, 3.63) is 47.5 Å². The van der Waals surface area contributed by atoms with Crippen LogP contribution in [-0.2, 0) is 13.2 Å². The molecule has 0 spiro atoms. The van der Waals surface area contributed by atoms with Crippen LogP contribution >= 0.6 is 0 Å². The molecule has 0 aromatic heterocycles. The van der Waals surface area contributed by atoms with Gasteiger partial charge < -0.3 is 10.4 Å². The third-order valence-corrected chi connectivity index (χ3v) is 3.35. The average Bonchev–Trinajstić information content (AvgIpc) is 2.41. The molecule has 2 rings (SSSR count). The van der Waals surface area contributed by atoms with Crippen molar-refractivity contribution >= 4 is 0 Å². The number of hydrogen-bond donors (Lipinski definition) is 2. The first kappa shape index (κ1) is 12.3. The smallest absolute Gasteiger partial charge is 0.0681 e. The summed E-state index contributed by atoms with van der Waals surface area (Å²) in [6.45, 7) is 2.15. The van der Waals surface area contributed by atoms with Gasteiger partial charge in [0, 0.05) is 6.54 Å². The number of aliphatic hydroxyl groups is 1. The van der Waals surface area contributed by atoms with Gasteiger partial charge in [-0.15, -0.1) is 0 Å². The first-order chi connectivity index (χ1) is 8.38. The number of rotatable bonds is 5. The van der Waals surface area contributed by atoms with Crippen molar-refractivity contribution in [3.8, 4) is 0 Å². The molecule has 2 nitrogen and oxygen atoms in total. The molecule has 0 saturated heterocycles. The predicted octanol–water partition coefficient (Wildman–Crippen LogP) is 2.62. The second kappa shape index (κ2) is 6.58. The Kier molecular flexibility index (Phi) is 4.77. The third kappa shape index (κ3) is 3.99. The lowest BCUT2D eigenvalue weighted by Crippen LogP contribution is -2.23. The average molecular weight is 231 g/mol. The molecule has 1 aliphatic carbocycles. The van der Waals surface area contributed by atoms with E-state index in [2.05, 4.69) is 29.6 Å². The van der Waals surface area contributed by atoms with Crippen LogP contribution in [0.5, 0.6) is 0 Å². The van der Waals surface area contributed by atoms with E-state index >= 15 is 0 Å². The van der Waals surface area contributed by atoms with E-state index in [0.717, 1.165) is 24.6 Å². The second-order valence-corrected chi connectivity index (χ2v) is 4.76. The highest BCUT2D eigenvalue weighted by atomic mass is 16.3. The van der Waals surface area contributed by atoms with Crippen LogP contribution in [0.25, 0.3) is 0 Å². The lowest BCUT2D eigenvalue weighted by Gasteiger charge is -2.18. The lowest BCUT2D eigenvalue weighted by atomic mass is 9.94. The van der Waals surface area contributed by atoms with Crippen molar-refractivity contribution in [2.45, 2.75) is 32.4 Å². The maximum absolute atomic E-state index is 8.95. The zero-order valence-electron chi connectivity index (χ0n) is 10.2. The quantitative estimate of drug-likeness (QED) is 0.764. The number of nitrogens with one attached hydrogen (secondary N) is 1. The van der Waals surface area contributed by atoms with Crippen LogP contribution in [0.2, 0.25) is 0 Å². The summed E-state index contributed by atoms with van der Waals surface area (Å²) in [5.41, 5.74) is 2.26. The Balaban J connectivity index is 1.72. The molecule has 1 unspecified atom stereocenters. The summed E-state index contributed by atoms with van der Waals surface area (Å²) in [5.74, 6) is 0.803. The molecule has 2 heteroatoms. The van der Waals surface area contributed by atoms with Crippen LogP contribution in [0.4, 0.5) is 0 Å². The molecule has 0 aliphatic heterocycles. The molecule has 0 bridgehead atoms. The number of benzene rings is 1. The highest BCUT2D eigenvalue weighted by Crippen LogP contribution is 2.17. The molecule has 0 radical (unpaired) electrons. The molecular formula is C15H21NO. The predicted molar refractivity (Wildman–Crippen MR) is 70.6 cm³/mol. The lowest BCUT2D eigenvalue weighted by molar-refractivity contribution is 0.282. The number of aliphatic hydroxyl groups excluding tert-OH is 1. The van der Waals surface area contributed by atoms with E-state index in [9.17, 15) is 0 Å². The first-order valence-corrected chi connectivity index (χ1v) is 6.43. The van der Waals surface area contributed by atoms with E-state index in [1.165, 1.54) is 24.8 Å². The van der Waals surface area contributed by atoms with Crippen molar-refractivity contribution in [1.82, 2.24) is 5.32 Å². The van der Waals surface area contributed by atoms with E-state index in [-0.39, 0.29) is 6.61 Å². The number of hydrogen-bond acceptors (Lipinski definition) is 2. The Morgan fingerprint density at radius 1 is 1.12 bits per heavy atom. The fourth-order valence-electron chi connectivity index (χ4n) is 2.22. The van der Waals surface area contributed by atoms with Crippen LogP contribution < -0.4 is 5.32 Å². The summed E-state index contributed by atoms with van der Waals surface area (Å²) in [6.07, 6.45) is 8.34.